The number of hydrogen-bond acceptors (Lipinski definition) is 4. The average Bonchev–Trinajstić information content (AvgIpc) is 2.79. The Morgan fingerprint density at radius 1 is 1.32 bits per heavy atom. The van der Waals surface area contributed by atoms with Crippen LogP contribution in [0.3, 0.4) is 0 Å². The molecular formula is C13H18ClN5. The van der Waals surface area contributed by atoms with Crippen molar-refractivity contribution in [1.82, 2.24) is 25.1 Å². The van der Waals surface area contributed by atoms with Crippen LogP contribution < -0.4 is 5.32 Å². The fourth-order valence-electron chi connectivity index (χ4n) is 2.02. The van der Waals surface area contributed by atoms with Gasteiger partial charge in [-0.2, -0.15) is 5.10 Å². The Kier molecular flexibility index (Phi) is 4.87. The van der Waals surface area contributed by atoms with E-state index in [4.69, 9.17) is 11.6 Å². The van der Waals surface area contributed by atoms with Crippen LogP contribution in [0.15, 0.2) is 24.7 Å². The third-order valence-electron chi connectivity index (χ3n) is 2.79. The van der Waals surface area contributed by atoms with Crippen LogP contribution in [0.2, 0.25) is 5.02 Å². The monoisotopic (exact) mass is 279 g/mol. The topological polar surface area (TPSA) is 55.6 Å². The Morgan fingerprint density at radius 2 is 2.05 bits per heavy atom. The van der Waals surface area contributed by atoms with Crippen LogP contribution in [0.1, 0.15) is 37.8 Å². The molecule has 0 aliphatic carbocycles. The van der Waals surface area contributed by atoms with E-state index in [1.807, 2.05) is 11.6 Å². The summed E-state index contributed by atoms with van der Waals surface area (Å²) in [5.41, 5.74) is 0.927. The van der Waals surface area contributed by atoms with E-state index in [0.717, 1.165) is 25.2 Å². The Labute approximate surface area is 118 Å². The van der Waals surface area contributed by atoms with Gasteiger partial charge < -0.3 is 5.32 Å². The molecule has 0 fully saturated rings. The van der Waals surface area contributed by atoms with Crippen LogP contribution >= 0.6 is 11.6 Å². The van der Waals surface area contributed by atoms with Crippen molar-refractivity contribution in [2.24, 2.45) is 0 Å². The highest BCUT2D eigenvalue weighted by atomic mass is 35.5. The minimum absolute atomic E-state index is 0.132. The molecule has 102 valence electrons. The van der Waals surface area contributed by atoms with Crippen molar-refractivity contribution in [2.45, 2.75) is 32.9 Å². The predicted molar refractivity (Wildman–Crippen MR) is 75.1 cm³/mol. The molecule has 2 rings (SSSR count). The van der Waals surface area contributed by atoms with Gasteiger partial charge in [-0.1, -0.05) is 25.4 Å². The summed E-state index contributed by atoms with van der Waals surface area (Å²) in [7, 11) is 0. The third kappa shape index (κ3) is 3.11. The fourth-order valence-corrected chi connectivity index (χ4v) is 2.27. The fraction of sp³-hybridized carbons (Fsp3) is 0.462. The number of nitrogens with one attached hydrogen (secondary N) is 1. The van der Waals surface area contributed by atoms with Crippen molar-refractivity contribution in [1.29, 1.82) is 0 Å². The maximum absolute atomic E-state index is 6.28. The van der Waals surface area contributed by atoms with Crippen molar-refractivity contribution >= 4 is 11.6 Å². The second kappa shape index (κ2) is 6.63. The number of hydrogen-bond donors (Lipinski definition) is 1. The second-order valence-electron chi connectivity index (χ2n) is 4.20. The van der Waals surface area contributed by atoms with Gasteiger partial charge in [-0.05, 0) is 19.0 Å². The van der Waals surface area contributed by atoms with E-state index in [-0.39, 0.29) is 6.04 Å². The summed E-state index contributed by atoms with van der Waals surface area (Å²) < 4.78 is 1.92. The lowest BCUT2D eigenvalue weighted by molar-refractivity contribution is 0.507. The summed E-state index contributed by atoms with van der Waals surface area (Å²) in [6.45, 7) is 5.79. The lowest BCUT2D eigenvalue weighted by atomic mass is 10.2. The lowest BCUT2D eigenvalue weighted by Gasteiger charge is -2.18. The highest BCUT2D eigenvalue weighted by molar-refractivity contribution is 6.31. The maximum Gasteiger partial charge on any atom is 0.151 e. The Hall–Kier alpha value is -1.46. The molecule has 0 radical (unpaired) electrons. The summed E-state index contributed by atoms with van der Waals surface area (Å²) in [5, 5.41) is 8.34. The first-order chi connectivity index (χ1) is 9.27. The van der Waals surface area contributed by atoms with E-state index in [1.165, 1.54) is 0 Å². The smallest absolute Gasteiger partial charge is 0.151 e. The van der Waals surface area contributed by atoms with Crippen LogP contribution in [0.4, 0.5) is 0 Å². The van der Waals surface area contributed by atoms with Crippen LogP contribution in [0.5, 0.6) is 0 Å². The summed E-state index contributed by atoms with van der Waals surface area (Å²) in [5.74, 6) is 0.712. The lowest BCUT2D eigenvalue weighted by Crippen LogP contribution is -2.27. The number of nitrogens with zero attached hydrogens (tertiary/aromatic N) is 4. The molecule has 0 bridgehead atoms. The van der Waals surface area contributed by atoms with Crippen LogP contribution in [0, 0.1) is 0 Å². The largest absolute Gasteiger partial charge is 0.303 e. The first-order valence-electron chi connectivity index (χ1n) is 6.49. The molecule has 0 spiro atoms. The molecule has 2 aromatic heterocycles. The van der Waals surface area contributed by atoms with Gasteiger partial charge in [0.2, 0.25) is 0 Å². The molecule has 5 nitrogen and oxygen atoms in total. The van der Waals surface area contributed by atoms with E-state index >= 15 is 0 Å². The van der Waals surface area contributed by atoms with Gasteiger partial charge in [-0.3, -0.25) is 4.68 Å². The molecule has 1 N–H and O–H groups in total. The van der Waals surface area contributed by atoms with Gasteiger partial charge in [0.25, 0.3) is 0 Å². The van der Waals surface area contributed by atoms with Crippen molar-refractivity contribution in [2.75, 3.05) is 6.54 Å². The minimum Gasteiger partial charge on any atom is -0.303 e. The van der Waals surface area contributed by atoms with E-state index < -0.39 is 0 Å². The third-order valence-corrected chi connectivity index (χ3v) is 3.09. The molecule has 0 aliphatic rings. The molecule has 1 atom stereocenters. The van der Waals surface area contributed by atoms with Crippen LogP contribution in [-0.2, 0) is 6.54 Å². The van der Waals surface area contributed by atoms with Gasteiger partial charge in [-0.15, -0.1) is 0 Å². The average molecular weight is 280 g/mol. The molecular weight excluding hydrogens is 262 g/mol. The van der Waals surface area contributed by atoms with Crippen LogP contribution in [-0.4, -0.2) is 26.3 Å². The van der Waals surface area contributed by atoms with Gasteiger partial charge in [0.1, 0.15) is 6.04 Å². The summed E-state index contributed by atoms with van der Waals surface area (Å²) in [6.07, 6.45) is 6.15. The first-order valence-corrected chi connectivity index (χ1v) is 6.87. The summed E-state index contributed by atoms with van der Waals surface area (Å²) in [6, 6.07) is 1.67. The van der Waals surface area contributed by atoms with Crippen LogP contribution in [0.25, 0.3) is 0 Å². The molecule has 19 heavy (non-hydrogen) atoms. The SMILES string of the molecule is CCCn1ncc(Cl)c1C(NCC)c1ncccn1. The molecule has 0 saturated heterocycles. The van der Waals surface area contributed by atoms with Crippen molar-refractivity contribution in [3.05, 3.63) is 41.2 Å². The van der Waals surface area contributed by atoms with Gasteiger partial charge in [0, 0.05) is 18.9 Å². The molecule has 1 unspecified atom stereocenters. The van der Waals surface area contributed by atoms with Gasteiger partial charge in [0.05, 0.1) is 16.9 Å². The molecule has 2 heterocycles. The maximum atomic E-state index is 6.28. The van der Waals surface area contributed by atoms with Crippen molar-refractivity contribution in [3.8, 4) is 0 Å². The standard InChI is InChI=1S/C13H18ClN5/c1-3-8-19-12(10(14)9-18-19)11(15-4-2)13-16-6-5-7-17-13/h5-7,9,11,15H,3-4,8H2,1-2H3. The number of aromatic nitrogens is 4. The summed E-state index contributed by atoms with van der Waals surface area (Å²) in [4.78, 5) is 8.65. The van der Waals surface area contributed by atoms with E-state index in [0.29, 0.717) is 10.8 Å². The number of aryl methyl sites for hydroxylation is 1. The van der Waals surface area contributed by atoms with Gasteiger partial charge in [-0.25, -0.2) is 9.97 Å². The summed E-state index contributed by atoms with van der Waals surface area (Å²) >= 11 is 6.28. The molecule has 0 aromatic carbocycles. The zero-order chi connectivity index (χ0) is 13.7. The molecule has 0 amide bonds. The Balaban J connectivity index is 2.42. The first kappa shape index (κ1) is 14.0. The molecule has 0 aliphatic heterocycles. The van der Waals surface area contributed by atoms with E-state index in [1.54, 1.807) is 24.7 Å². The molecule has 6 heteroatoms. The zero-order valence-corrected chi connectivity index (χ0v) is 11.9. The Morgan fingerprint density at radius 3 is 2.68 bits per heavy atom. The van der Waals surface area contributed by atoms with Crippen molar-refractivity contribution in [3.63, 3.8) is 0 Å². The van der Waals surface area contributed by atoms with Crippen molar-refractivity contribution < 1.29 is 0 Å². The second-order valence-corrected chi connectivity index (χ2v) is 4.61. The zero-order valence-electron chi connectivity index (χ0n) is 11.2. The molecule has 2 aromatic rings. The van der Waals surface area contributed by atoms with E-state index in [9.17, 15) is 0 Å². The molecule has 0 saturated carbocycles. The predicted octanol–water partition coefficient (Wildman–Crippen LogP) is 2.44. The Bertz CT molecular complexity index is 511. The van der Waals surface area contributed by atoms with E-state index in [2.05, 4.69) is 27.3 Å². The minimum atomic E-state index is -0.132. The van der Waals surface area contributed by atoms with Gasteiger partial charge in [0.15, 0.2) is 5.82 Å². The highest BCUT2D eigenvalue weighted by Gasteiger charge is 2.23. The number of rotatable bonds is 6. The highest BCUT2D eigenvalue weighted by Crippen LogP contribution is 2.26. The number of halogens is 1. The quantitative estimate of drug-likeness (QED) is 0.882. The normalized spacial score (nSPS) is 12.6. The van der Waals surface area contributed by atoms with Gasteiger partial charge >= 0.3 is 0 Å².